The van der Waals surface area contributed by atoms with Gasteiger partial charge in [-0.2, -0.15) is 0 Å². The maximum absolute atomic E-state index is 11.9. The van der Waals surface area contributed by atoms with Crippen molar-refractivity contribution in [2.75, 3.05) is 12.3 Å². The highest BCUT2D eigenvalue weighted by molar-refractivity contribution is 9.10. The van der Waals surface area contributed by atoms with Crippen molar-refractivity contribution in [2.45, 2.75) is 20.8 Å². The molecule has 0 saturated carbocycles. The van der Waals surface area contributed by atoms with Crippen LogP contribution in [0.2, 0.25) is 0 Å². The minimum absolute atomic E-state index is 0.346. The smallest absolute Gasteiger partial charge is 0.350 e. The van der Waals surface area contributed by atoms with Gasteiger partial charge in [0.2, 0.25) is 0 Å². The van der Waals surface area contributed by atoms with Gasteiger partial charge in [0.15, 0.2) is 0 Å². The largest absolute Gasteiger partial charge is 0.462 e. The minimum Gasteiger partial charge on any atom is -0.462 e. The van der Waals surface area contributed by atoms with Gasteiger partial charge in [0, 0.05) is 14.9 Å². The molecule has 1 heterocycles. The molecule has 1 aromatic heterocycles. The van der Waals surface area contributed by atoms with Gasteiger partial charge in [0.1, 0.15) is 4.88 Å². The van der Waals surface area contributed by atoms with Gasteiger partial charge in [-0.05, 0) is 47.8 Å². The topological polar surface area (TPSA) is 52.3 Å². The summed E-state index contributed by atoms with van der Waals surface area (Å²) in [6, 6.07) is 6.05. The summed E-state index contributed by atoms with van der Waals surface area (Å²) in [6.07, 6.45) is 0. The summed E-state index contributed by atoms with van der Waals surface area (Å²) >= 11 is 4.98. The van der Waals surface area contributed by atoms with Gasteiger partial charge >= 0.3 is 5.97 Å². The van der Waals surface area contributed by atoms with Crippen LogP contribution in [0.3, 0.4) is 0 Å². The molecule has 0 spiro atoms. The van der Waals surface area contributed by atoms with Crippen molar-refractivity contribution >= 4 is 38.9 Å². The van der Waals surface area contributed by atoms with Crippen molar-refractivity contribution in [1.29, 1.82) is 0 Å². The number of benzene rings is 1. The quantitative estimate of drug-likeness (QED) is 0.823. The number of ether oxygens (including phenoxy) is 1. The first kappa shape index (κ1) is 15.1. The van der Waals surface area contributed by atoms with Crippen LogP contribution in [-0.2, 0) is 4.74 Å². The monoisotopic (exact) mass is 353 g/mol. The predicted octanol–water partition coefficient (Wildman–Crippen LogP) is 4.55. The number of thiophene rings is 1. The molecule has 0 fully saturated rings. The lowest BCUT2D eigenvalue weighted by Gasteiger charge is -2.06. The van der Waals surface area contributed by atoms with E-state index in [1.54, 1.807) is 6.92 Å². The van der Waals surface area contributed by atoms with Crippen LogP contribution >= 0.6 is 27.3 Å². The van der Waals surface area contributed by atoms with Gasteiger partial charge in [-0.15, -0.1) is 11.3 Å². The van der Waals surface area contributed by atoms with Crippen LogP contribution in [0.25, 0.3) is 10.4 Å². The fourth-order valence-corrected chi connectivity index (χ4v) is 3.70. The maximum atomic E-state index is 11.9. The Morgan fingerprint density at radius 2 is 2.10 bits per heavy atom. The van der Waals surface area contributed by atoms with E-state index in [1.807, 2.05) is 32.0 Å². The van der Waals surface area contributed by atoms with E-state index in [-0.39, 0.29) is 5.97 Å². The molecule has 20 heavy (non-hydrogen) atoms. The highest BCUT2D eigenvalue weighted by Gasteiger charge is 2.21. The van der Waals surface area contributed by atoms with Gasteiger partial charge in [-0.3, -0.25) is 0 Å². The molecule has 0 radical (unpaired) electrons. The fraction of sp³-hybridized carbons (Fsp3) is 0.267. The number of aryl methyl sites for hydroxylation is 1. The summed E-state index contributed by atoms with van der Waals surface area (Å²) in [5, 5.41) is 0. The number of rotatable bonds is 3. The molecule has 0 atom stereocenters. The van der Waals surface area contributed by atoms with Gasteiger partial charge in [-0.25, -0.2) is 4.79 Å². The Bertz CT molecular complexity index is 664. The lowest BCUT2D eigenvalue weighted by Crippen LogP contribution is -2.05. The van der Waals surface area contributed by atoms with Gasteiger partial charge in [0.25, 0.3) is 0 Å². The molecule has 0 aliphatic heterocycles. The third kappa shape index (κ3) is 2.60. The SMILES string of the molecule is CCOC(=O)c1sc(-c2cccc(C)c2Br)c(C)c1N. The summed E-state index contributed by atoms with van der Waals surface area (Å²) in [7, 11) is 0. The number of nitrogen functional groups attached to an aromatic ring is 1. The Labute approximate surface area is 130 Å². The van der Waals surface area contributed by atoms with E-state index in [0.29, 0.717) is 17.2 Å². The molecule has 0 amide bonds. The number of esters is 1. The second-order valence-corrected chi connectivity index (χ2v) is 6.27. The van der Waals surface area contributed by atoms with Crippen molar-refractivity contribution < 1.29 is 9.53 Å². The van der Waals surface area contributed by atoms with E-state index in [0.717, 1.165) is 26.0 Å². The molecule has 0 aliphatic carbocycles. The van der Waals surface area contributed by atoms with Crippen LogP contribution in [-0.4, -0.2) is 12.6 Å². The summed E-state index contributed by atoms with van der Waals surface area (Å²) in [5.74, 6) is -0.354. The molecule has 2 rings (SSSR count). The first-order chi connectivity index (χ1) is 9.47. The zero-order chi connectivity index (χ0) is 14.9. The highest BCUT2D eigenvalue weighted by Crippen LogP contribution is 2.42. The van der Waals surface area contributed by atoms with Crippen molar-refractivity contribution in [2.24, 2.45) is 0 Å². The summed E-state index contributed by atoms with van der Waals surface area (Å²) in [5.41, 5.74) is 9.68. The van der Waals surface area contributed by atoms with Crippen LogP contribution in [0.4, 0.5) is 5.69 Å². The first-order valence-electron chi connectivity index (χ1n) is 6.28. The molecule has 5 heteroatoms. The molecular weight excluding hydrogens is 338 g/mol. The number of carbonyl (C=O) groups excluding carboxylic acids is 1. The van der Waals surface area contributed by atoms with Crippen LogP contribution in [0.1, 0.15) is 27.7 Å². The average Bonchev–Trinajstić information content (AvgIpc) is 2.70. The van der Waals surface area contributed by atoms with Crippen molar-refractivity contribution in [3.8, 4) is 10.4 Å². The number of hydrogen-bond donors (Lipinski definition) is 1. The van der Waals surface area contributed by atoms with Crippen LogP contribution in [0.5, 0.6) is 0 Å². The Morgan fingerprint density at radius 1 is 1.40 bits per heavy atom. The Hall–Kier alpha value is -1.33. The maximum Gasteiger partial charge on any atom is 0.350 e. The lowest BCUT2D eigenvalue weighted by atomic mass is 10.1. The van der Waals surface area contributed by atoms with E-state index >= 15 is 0 Å². The molecule has 106 valence electrons. The van der Waals surface area contributed by atoms with Gasteiger partial charge in [0.05, 0.1) is 12.3 Å². The standard InChI is InChI=1S/C15H16BrNO2S/c1-4-19-15(18)14-12(17)9(3)13(20-14)10-7-5-6-8(2)11(10)16/h5-7H,4,17H2,1-3H3. The summed E-state index contributed by atoms with van der Waals surface area (Å²) < 4.78 is 6.07. The van der Waals surface area contributed by atoms with Crippen molar-refractivity contribution in [3.05, 3.63) is 38.7 Å². The van der Waals surface area contributed by atoms with Crippen LogP contribution in [0.15, 0.2) is 22.7 Å². The predicted molar refractivity (Wildman–Crippen MR) is 87.3 cm³/mol. The van der Waals surface area contributed by atoms with Crippen molar-refractivity contribution in [3.63, 3.8) is 0 Å². The molecule has 2 aromatic rings. The Morgan fingerprint density at radius 3 is 2.75 bits per heavy atom. The second kappa shape index (κ2) is 5.97. The molecule has 0 aliphatic rings. The lowest BCUT2D eigenvalue weighted by molar-refractivity contribution is 0.0533. The third-order valence-corrected chi connectivity index (χ3v) is 5.46. The Balaban J connectivity index is 2.56. The van der Waals surface area contributed by atoms with E-state index in [2.05, 4.69) is 15.9 Å². The zero-order valence-electron chi connectivity index (χ0n) is 11.6. The van der Waals surface area contributed by atoms with E-state index in [1.165, 1.54) is 11.3 Å². The number of nitrogens with two attached hydrogens (primary N) is 1. The molecule has 2 N–H and O–H groups in total. The molecule has 1 aromatic carbocycles. The average molecular weight is 354 g/mol. The van der Waals surface area contributed by atoms with Gasteiger partial charge < -0.3 is 10.5 Å². The van der Waals surface area contributed by atoms with Crippen molar-refractivity contribution in [1.82, 2.24) is 0 Å². The number of hydrogen-bond acceptors (Lipinski definition) is 4. The third-order valence-electron chi connectivity index (χ3n) is 3.09. The second-order valence-electron chi connectivity index (χ2n) is 4.46. The van der Waals surface area contributed by atoms with E-state index in [9.17, 15) is 4.79 Å². The fourth-order valence-electron chi connectivity index (χ4n) is 1.95. The summed E-state index contributed by atoms with van der Waals surface area (Å²) in [6.45, 7) is 6.09. The Kier molecular flexibility index (Phi) is 4.50. The highest BCUT2D eigenvalue weighted by atomic mass is 79.9. The first-order valence-corrected chi connectivity index (χ1v) is 7.89. The van der Waals surface area contributed by atoms with E-state index < -0.39 is 0 Å². The van der Waals surface area contributed by atoms with Crippen LogP contribution in [0, 0.1) is 13.8 Å². The molecule has 0 saturated heterocycles. The van der Waals surface area contributed by atoms with E-state index in [4.69, 9.17) is 10.5 Å². The number of halogens is 1. The summed E-state index contributed by atoms with van der Waals surface area (Å²) in [4.78, 5) is 13.4. The number of anilines is 1. The zero-order valence-corrected chi connectivity index (χ0v) is 14.0. The van der Waals surface area contributed by atoms with Crippen LogP contribution < -0.4 is 5.73 Å². The molecule has 0 bridgehead atoms. The molecular formula is C15H16BrNO2S. The molecule has 3 nitrogen and oxygen atoms in total. The normalized spacial score (nSPS) is 10.6. The van der Waals surface area contributed by atoms with Gasteiger partial charge in [-0.1, -0.05) is 18.2 Å². The molecule has 0 unspecified atom stereocenters. The minimum atomic E-state index is -0.354. The number of carbonyl (C=O) groups is 1.